The third kappa shape index (κ3) is 13.9. The number of carbonyl (C=O) groups is 1. The van der Waals surface area contributed by atoms with Gasteiger partial charge in [-0.1, -0.05) is 90.4 Å². The van der Waals surface area contributed by atoms with Crippen LogP contribution >= 0.6 is 0 Å². The molecule has 0 saturated carbocycles. The molecule has 0 saturated heterocycles. The van der Waals surface area contributed by atoms with Crippen LogP contribution < -0.4 is 5.73 Å². The molecule has 0 spiro atoms. The van der Waals surface area contributed by atoms with Gasteiger partial charge < -0.3 is 10.8 Å². The van der Waals surface area contributed by atoms with Gasteiger partial charge in [0.1, 0.15) is 6.04 Å². The van der Waals surface area contributed by atoms with Crippen LogP contribution in [0, 0.1) is 0 Å². The Morgan fingerprint density at radius 1 is 0.800 bits per heavy atom. The maximum absolute atomic E-state index is 10.5. The third-order valence-corrected chi connectivity index (χ3v) is 3.94. The van der Waals surface area contributed by atoms with Crippen LogP contribution in [0.3, 0.4) is 0 Å². The van der Waals surface area contributed by atoms with E-state index >= 15 is 0 Å². The lowest BCUT2D eigenvalue weighted by Crippen LogP contribution is -2.29. The first-order valence-electron chi connectivity index (χ1n) is 8.67. The molecule has 120 valence electrons. The Labute approximate surface area is 125 Å². The zero-order chi connectivity index (χ0) is 15.1. The van der Waals surface area contributed by atoms with Crippen molar-refractivity contribution in [1.82, 2.24) is 0 Å². The smallest absolute Gasteiger partial charge is 0.320 e. The zero-order valence-electron chi connectivity index (χ0n) is 13.4. The lowest BCUT2D eigenvalue weighted by molar-refractivity contribution is -0.138. The maximum atomic E-state index is 10.5. The van der Waals surface area contributed by atoms with Crippen molar-refractivity contribution in [2.45, 2.75) is 103 Å². The van der Waals surface area contributed by atoms with Crippen molar-refractivity contribution < 1.29 is 9.90 Å². The summed E-state index contributed by atoms with van der Waals surface area (Å²) in [4.78, 5) is 10.5. The highest BCUT2D eigenvalue weighted by molar-refractivity contribution is 5.72. The molecule has 0 fully saturated rings. The lowest BCUT2D eigenvalue weighted by Gasteiger charge is -2.06. The molecule has 20 heavy (non-hydrogen) atoms. The Hall–Kier alpha value is -0.570. The Balaban J connectivity index is 3.04. The molecule has 3 nitrogen and oxygen atoms in total. The summed E-state index contributed by atoms with van der Waals surface area (Å²) in [5.41, 5.74) is 5.46. The van der Waals surface area contributed by atoms with Gasteiger partial charge in [0.25, 0.3) is 0 Å². The summed E-state index contributed by atoms with van der Waals surface area (Å²) < 4.78 is 0. The molecular formula is C17H35NO2. The predicted molar refractivity (Wildman–Crippen MR) is 85.9 cm³/mol. The van der Waals surface area contributed by atoms with Gasteiger partial charge in [-0.3, -0.25) is 4.79 Å². The quantitative estimate of drug-likeness (QED) is 0.421. The number of hydrogen-bond acceptors (Lipinski definition) is 2. The van der Waals surface area contributed by atoms with Gasteiger partial charge in [0.05, 0.1) is 0 Å². The average Bonchev–Trinajstić information content (AvgIpc) is 2.43. The molecule has 0 rings (SSSR count). The van der Waals surface area contributed by atoms with Gasteiger partial charge in [-0.15, -0.1) is 0 Å². The number of carboxylic acids is 1. The number of carboxylic acid groups (broad SMARTS) is 1. The highest BCUT2D eigenvalue weighted by atomic mass is 16.4. The SMILES string of the molecule is CCCCCCCCCCCCCCCC(N)C(=O)O. The van der Waals surface area contributed by atoms with Crippen LogP contribution in [0.4, 0.5) is 0 Å². The zero-order valence-corrected chi connectivity index (χ0v) is 13.4. The van der Waals surface area contributed by atoms with Crippen molar-refractivity contribution in [3.8, 4) is 0 Å². The molecular weight excluding hydrogens is 250 g/mol. The number of aliphatic carboxylic acids is 1. The van der Waals surface area contributed by atoms with E-state index in [9.17, 15) is 4.79 Å². The van der Waals surface area contributed by atoms with Gasteiger partial charge in [0.15, 0.2) is 0 Å². The molecule has 0 bridgehead atoms. The average molecular weight is 285 g/mol. The molecule has 0 aliphatic heterocycles. The fourth-order valence-corrected chi connectivity index (χ4v) is 2.51. The van der Waals surface area contributed by atoms with Crippen LogP contribution in [0.2, 0.25) is 0 Å². The van der Waals surface area contributed by atoms with Gasteiger partial charge in [-0.05, 0) is 6.42 Å². The third-order valence-electron chi connectivity index (χ3n) is 3.94. The van der Waals surface area contributed by atoms with E-state index in [2.05, 4.69) is 6.92 Å². The minimum Gasteiger partial charge on any atom is -0.480 e. The summed E-state index contributed by atoms with van der Waals surface area (Å²) in [6.45, 7) is 2.26. The van der Waals surface area contributed by atoms with Crippen LogP contribution in [-0.4, -0.2) is 17.1 Å². The van der Waals surface area contributed by atoms with E-state index in [1.807, 2.05) is 0 Å². The summed E-state index contributed by atoms with van der Waals surface area (Å²) in [7, 11) is 0. The number of hydrogen-bond donors (Lipinski definition) is 2. The van der Waals surface area contributed by atoms with E-state index < -0.39 is 12.0 Å². The van der Waals surface area contributed by atoms with Crippen molar-refractivity contribution in [2.24, 2.45) is 5.73 Å². The minimum atomic E-state index is -0.871. The first kappa shape index (κ1) is 19.4. The van der Waals surface area contributed by atoms with E-state index in [1.54, 1.807) is 0 Å². The largest absolute Gasteiger partial charge is 0.480 e. The summed E-state index contributed by atoms with van der Waals surface area (Å²) in [6.07, 6.45) is 17.6. The highest BCUT2D eigenvalue weighted by Crippen LogP contribution is 2.13. The molecule has 0 aliphatic rings. The summed E-state index contributed by atoms with van der Waals surface area (Å²) in [5, 5.41) is 8.65. The van der Waals surface area contributed by atoms with Crippen molar-refractivity contribution in [2.75, 3.05) is 0 Å². The maximum Gasteiger partial charge on any atom is 0.320 e. The van der Waals surface area contributed by atoms with Gasteiger partial charge in [0.2, 0.25) is 0 Å². The van der Waals surface area contributed by atoms with Crippen molar-refractivity contribution in [3.63, 3.8) is 0 Å². The molecule has 3 heteroatoms. The van der Waals surface area contributed by atoms with E-state index in [-0.39, 0.29) is 0 Å². The molecule has 0 aromatic rings. The summed E-state index contributed by atoms with van der Waals surface area (Å²) in [6, 6.07) is -0.664. The minimum absolute atomic E-state index is 0.618. The molecule has 0 aromatic carbocycles. The van der Waals surface area contributed by atoms with Crippen LogP contribution in [0.1, 0.15) is 96.8 Å². The van der Waals surface area contributed by atoms with Crippen molar-refractivity contribution in [3.05, 3.63) is 0 Å². The number of rotatable bonds is 15. The van der Waals surface area contributed by atoms with Gasteiger partial charge >= 0.3 is 5.97 Å². The topological polar surface area (TPSA) is 63.3 Å². The molecule has 0 aromatic heterocycles. The van der Waals surface area contributed by atoms with Gasteiger partial charge in [-0.2, -0.15) is 0 Å². The monoisotopic (exact) mass is 285 g/mol. The fourth-order valence-electron chi connectivity index (χ4n) is 2.51. The second kappa shape index (κ2) is 14.8. The molecule has 1 unspecified atom stereocenters. The Morgan fingerprint density at radius 2 is 1.15 bits per heavy atom. The second-order valence-electron chi connectivity index (χ2n) is 5.98. The van der Waals surface area contributed by atoms with Crippen molar-refractivity contribution >= 4 is 5.97 Å². The summed E-state index contributed by atoms with van der Waals surface area (Å²) >= 11 is 0. The van der Waals surface area contributed by atoms with E-state index in [1.165, 1.54) is 70.6 Å². The van der Waals surface area contributed by atoms with Crippen LogP contribution in [0.5, 0.6) is 0 Å². The molecule has 0 heterocycles. The van der Waals surface area contributed by atoms with E-state index in [4.69, 9.17) is 10.8 Å². The molecule has 3 N–H and O–H groups in total. The number of unbranched alkanes of at least 4 members (excludes halogenated alkanes) is 12. The first-order valence-corrected chi connectivity index (χ1v) is 8.67. The van der Waals surface area contributed by atoms with Crippen LogP contribution in [0.15, 0.2) is 0 Å². The number of nitrogens with two attached hydrogens (primary N) is 1. The molecule has 1 atom stereocenters. The first-order chi connectivity index (χ1) is 9.68. The van der Waals surface area contributed by atoms with Crippen LogP contribution in [0.25, 0.3) is 0 Å². The molecule has 0 amide bonds. The molecule has 0 aliphatic carbocycles. The Bertz CT molecular complexity index is 219. The molecule has 0 radical (unpaired) electrons. The van der Waals surface area contributed by atoms with Gasteiger partial charge in [0, 0.05) is 0 Å². The summed E-state index contributed by atoms with van der Waals surface area (Å²) in [5.74, 6) is -0.871. The van der Waals surface area contributed by atoms with E-state index in [0.717, 1.165) is 12.8 Å². The highest BCUT2D eigenvalue weighted by Gasteiger charge is 2.09. The Kier molecular flexibility index (Phi) is 14.4. The van der Waals surface area contributed by atoms with E-state index in [0.29, 0.717) is 6.42 Å². The van der Waals surface area contributed by atoms with Gasteiger partial charge in [-0.25, -0.2) is 0 Å². The van der Waals surface area contributed by atoms with Crippen LogP contribution in [-0.2, 0) is 4.79 Å². The van der Waals surface area contributed by atoms with Crippen molar-refractivity contribution in [1.29, 1.82) is 0 Å². The second-order valence-corrected chi connectivity index (χ2v) is 5.98. The normalized spacial score (nSPS) is 12.5. The standard InChI is InChI=1S/C17H35NO2/c1-2-3-4-5-6-7-8-9-10-11-12-13-14-15-16(18)17(19)20/h16H,2-15,18H2,1H3,(H,19,20). The lowest BCUT2D eigenvalue weighted by atomic mass is 10.0. The Morgan fingerprint density at radius 3 is 1.50 bits per heavy atom. The fraction of sp³-hybridized carbons (Fsp3) is 0.941. The predicted octanol–water partition coefficient (Wildman–Crippen LogP) is 4.88.